The summed E-state index contributed by atoms with van der Waals surface area (Å²) < 4.78 is 0. The zero-order chi connectivity index (χ0) is 14.0. The van der Waals surface area contributed by atoms with Crippen LogP contribution in [-0.4, -0.2) is 32.6 Å². The summed E-state index contributed by atoms with van der Waals surface area (Å²) in [5, 5.41) is 23.6. The molecule has 0 aliphatic heterocycles. The molecule has 1 aromatic rings. The number of nitro groups is 1. The van der Waals surface area contributed by atoms with Gasteiger partial charge in [0, 0.05) is 12.5 Å². The standard InChI is InChI=1S/C11H15ClN4O3/c1-6-9(16(18)19)10(15-11(12)14-6)13-5-7-3-2-4-8(7)17/h7-8,17H,2-5H2,1H3,(H,13,14,15). The number of aromatic nitrogens is 2. The van der Waals surface area contributed by atoms with Crippen molar-refractivity contribution in [3.8, 4) is 0 Å². The topological polar surface area (TPSA) is 101 Å². The molecule has 0 saturated heterocycles. The van der Waals surface area contributed by atoms with Crippen molar-refractivity contribution in [3.05, 3.63) is 21.1 Å². The van der Waals surface area contributed by atoms with Crippen molar-refractivity contribution in [1.82, 2.24) is 9.97 Å². The number of hydrogen-bond donors (Lipinski definition) is 2. The largest absolute Gasteiger partial charge is 0.393 e. The minimum Gasteiger partial charge on any atom is -0.393 e. The van der Waals surface area contributed by atoms with Crippen LogP contribution in [0.3, 0.4) is 0 Å². The van der Waals surface area contributed by atoms with Crippen molar-refractivity contribution in [2.24, 2.45) is 5.92 Å². The van der Waals surface area contributed by atoms with Crippen molar-refractivity contribution in [3.63, 3.8) is 0 Å². The van der Waals surface area contributed by atoms with Crippen molar-refractivity contribution >= 4 is 23.1 Å². The van der Waals surface area contributed by atoms with Crippen molar-refractivity contribution in [1.29, 1.82) is 0 Å². The third kappa shape index (κ3) is 3.10. The maximum atomic E-state index is 11.0. The maximum absolute atomic E-state index is 11.0. The van der Waals surface area contributed by atoms with Crippen LogP contribution in [0, 0.1) is 23.0 Å². The predicted octanol–water partition coefficient (Wildman–Crippen LogP) is 1.92. The van der Waals surface area contributed by atoms with Crippen molar-refractivity contribution in [2.75, 3.05) is 11.9 Å². The summed E-state index contributed by atoms with van der Waals surface area (Å²) in [6.07, 6.45) is 2.29. The first kappa shape index (κ1) is 14.0. The highest BCUT2D eigenvalue weighted by Gasteiger charge is 2.27. The highest BCUT2D eigenvalue weighted by Crippen LogP contribution is 2.29. The van der Waals surface area contributed by atoms with E-state index in [0.717, 1.165) is 19.3 Å². The molecule has 1 fully saturated rings. The van der Waals surface area contributed by atoms with E-state index in [1.807, 2.05) is 0 Å². The van der Waals surface area contributed by atoms with Gasteiger partial charge < -0.3 is 10.4 Å². The number of nitrogens with zero attached hydrogens (tertiary/aromatic N) is 3. The number of rotatable bonds is 4. The molecule has 0 radical (unpaired) electrons. The molecule has 0 aromatic carbocycles. The first-order valence-electron chi connectivity index (χ1n) is 6.09. The quantitative estimate of drug-likeness (QED) is 0.498. The Morgan fingerprint density at radius 3 is 2.84 bits per heavy atom. The van der Waals surface area contributed by atoms with E-state index in [9.17, 15) is 15.2 Å². The SMILES string of the molecule is Cc1nc(Cl)nc(NCC2CCCC2O)c1[N+](=O)[O-]. The van der Waals surface area contributed by atoms with Crippen LogP contribution >= 0.6 is 11.6 Å². The lowest BCUT2D eigenvalue weighted by molar-refractivity contribution is -0.385. The molecule has 7 nitrogen and oxygen atoms in total. The molecule has 2 atom stereocenters. The average Bonchev–Trinajstić information content (AvgIpc) is 2.70. The number of anilines is 1. The van der Waals surface area contributed by atoms with Gasteiger partial charge in [-0.25, -0.2) is 4.98 Å². The molecular weight excluding hydrogens is 272 g/mol. The summed E-state index contributed by atoms with van der Waals surface area (Å²) in [6.45, 7) is 1.95. The van der Waals surface area contributed by atoms with Crippen molar-refractivity contribution < 1.29 is 10.0 Å². The van der Waals surface area contributed by atoms with E-state index in [2.05, 4.69) is 15.3 Å². The predicted molar refractivity (Wildman–Crippen MR) is 70.3 cm³/mol. The molecule has 0 spiro atoms. The molecule has 2 N–H and O–H groups in total. The Morgan fingerprint density at radius 1 is 1.53 bits per heavy atom. The molecule has 2 unspecified atom stereocenters. The van der Waals surface area contributed by atoms with Gasteiger partial charge in [0.25, 0.3) is 0 Å². The molecule has 0 bridgehead atoms. The zero-order valence-corrected chi connectivity index (χ0v) is 11.2. The normalized spacial score (nSPS) is 22.5. The first-order valence-corrected chi connectivity index (χ1v) is 6.47. The molecule has 8 heteroatoms. The Bertz CT molecular complexity index is 497. The number of aryl methyl sites for hydroxylation is 1. The fourth-order valence-corrected chi connectivity index (χ4v) is 2.57. The maximum Gasteiger partial charge on any atom is 0.332 e. The molecule has 1 aliphatic carbocycles. The van der Waals surface area contributed by atoms with Gasteiger partial charge in [0.05, 0.1) is 11.0 Å². The van der Waals surface area contributed by atoms with Gasteiger partial charge in [-0.3, -0.25) is 10.1 Å². The average molecular weight is 287 g/mol. The van der Waals surface area contributed by atoms with Gasteiger partial charge in [-0.05, 0) is 31.4 Å². The summed E-state index contributed by atoms with van der Waals surface area (Å²) in [4.78, 5) is 18.1. The number of nitrogens with one attached hydrogen (secondary N) is 1. The summed E-state index contributed by atoms with van der Waals surface area (Å²) in [5.74, 6) is 0.204. The summed E-state index contributed by atoms with van der Waals surface area (Å²) >= 11 is 5.72. The lowest BCUT2D eigenvalue weighted by Crippen LogP contribution is -2.23. The first-order chi connectivity index (χ1) is 8.99. The van der Waals surface area contributed by atoms with E-state index >= 15 is 0 Å². The van der Waals surface area contributed by atoms with Gasteiger partial charge in [-0.1, -0.05) is 6.42 Å². The molecule has 104 valence electrons. The molecule has 1 aliphatic rings. The van der Waals surface area contributed by atoms with Crippen LogP contribution in [-0.2, 0) is 0 Å². The van der Waals surface area contributed by atoms with Gasteiger partial charge >= 0.3 is 5.69 Å². The van der Waals surface area contributed by atoms with E-state index in [-0.39, 0.29) is 34.5 Å². The third-order valence-electron chi connectivity index (χ3n) is 3.36. The molecule has 19 heavy (non-hydrogen) atoms. The number of aliphatic hydroxyl groups is 1. The second-order valence-corrected chi connectivity index (χ2v) is 5.01. The second-order valence-electron chi connectivity index (χ2n) is 4.67. The van der Waals surface area contributed by atoms with Crippen LogP contribution in [0.4, 0.5) is 11.5 Å². The third-order valence-corrected chi connectivity index (χ3v) is 3.53. The minimum absolute atomic E-state index is 0.0300. The lowest BCUT2D eigenvalue weighted by atomic mass is 10.1. The van der Waals surface area contributed by atoms with E-state index in [1.54, 1.807) is 0 Å². The Balaban J connectivity index is 2.17. The highest BCUT2D eigenvalue weighted by atomic mass is 35.5. The Labute approximate surface area is 115 Å². The Kier molecular flexibility index (Phi) is 4.16. The smallest absolute Gasteiger partial charge is 0.332 e. The summed E-state index contributed by atoms with van der Waals surface area (Å²) in [5.41, 5.74) is 0.0522. The molecule has 0 amide bonds. The fourth-order valence-electron chi connectivity index (χ4n) is 2.36. The molecular formula is C11H15ClN4O3. The van der Waals surface area contributed by atoms with E-state index in [1.165, 1.54) is 6.92 Å². The zero-order valence-electron chi connectivity index (χ0n) is 10.5. The van der Waals surface area contributed by atoms with Crippen LogP contribution in [0.1, 0.15) is 25.0 Å². The van der Waals surface area contributed by atoms with Gasteiger partial charge in [0.15, 0.2) is 0 Å². The Morgan fingerprint density at radius 2 is 2.26 bits per heavy atom. The van der Waals surface area contributed by atoms with Crippen LogP contribution in [0.25, 0.3) is 0 Å². The molecule has 1 aromatic heterocycles. The summed E-state index contributed by atoms with van der Waals surface area (Å²) in [6, 6.07) is 0. The fraction of sp³-hybridized carbons (Fsp3) is 0.636. The number of aliphatic hydroxyl groups excluding tert-OH is 1. The van der Waals surface area contributed by atoms with E-state index in [4.69, 9.17) is 11.6 Å². The van der Waals surface area contributed by atoms with Gasteiger partial charge in [0.2, 0.25) is 11.1 Å². The van der Waals surface area contributed by atoms with Crippen LogP contribution in [0.15, 0.2) is 0 Å². The van der Waals surface area contributed by atoms with Crippen molar-refractivity contribution in [2.45, 2.75) is 32.3 Å². The minimum atomic E-state index is -0.529. The number of hydrogen-bond acceptors (Lipinski definition) is 6. The molecule has 1 saturated carbocycles. The second kappa shape index (κ2) is 5.66. The monoisotopic (exact) mass is 286 g/mol. The highest BCUT2D eigenvalue weighted by molar-refractivity contribution is 6.28. The van der Waals surface area contributed by atoms with Gasteiger partial charge in [-0.15, -0.1) is 0 Å². The number of halogens is 1. The Hall–Kier alpha value is -1.47. The van der Waals surface area contributed by atoms with Gasteiger partial charge in [0.1, 0.15) is 5.69 Å². The summed E-state index contributed by atoms with van der Waals surface area (Å²) in [7, 11) is 0. The van der Waals surface area contributed by atoms with Gasteiger partial charge in [-0.2, -0.15) is 4.98 Å². The van der Waals surface area contributed by atoms with Crippen LogP contribution in [0.5, 0.6) is 0 Å². The molecule has 1 heterocycles. The van der Waals surface area contributed by atoms with Crippen LogP contribution in [0.2, 0.25) is 5.28 Å². The van der Waals surface area contributed by atoms with E-state index in [0.29, 0.717) is 6.54 Å². The van der Waals surface area contributed by atoms with E-state index < -0.39 is 4.92 Å². The molecule has 2 rings (SSSR count). The van der Waals surface area contributed by atoms with Crippen LogP contribution < -0.4 is 5.32 Å². The lowest BCUT2D eigenvalue weighted by Gasteiger charge is -2.15.